The second-order valence-electron chi connectivity index (χ2n) is 4.32. The van der Waals surface area contributed by atoms with Gasteiger partial charge in [0.15, 0.2) is 0 Å². The van der Waals surface area contributed by atoms with Crippen LogP contribution in [-0.2, 0) is 4.74 Å². The third-order valence-electron chi connectivity index (χ3n) is 2.80. The summed E-state index contributed by atoms with van der Waals surface area (Å²) in [6, 6.07) is 2.45. The summed E-state index contributed by atoms with van der Waals surface area (Å²) in [5.74, 6) is 0. The quantitative estimate of drug-likeness (QED) is 0.693. The predicted molar refractivity (Wildman–Crippen MR) is 54.7 cm³/mol. The Morgan fingerprint density at radius 2 is 2.29 bits per heavy atom. The van der Waals surface area contributed by atoms with Gasteiger partial charge in [-0.15, -0.1) is 0 Å². The summed E-state index contributed by atoms with van der Waals surface area (Å²) in [6.45, 7) is 8.12. The molecule has 3 unspecified atom stereocenters. The third kappa shape index (κ3) is 2.68. The molecule has 4 heteroatoms. The van der Waals surface area contributed by atoms with Gasteiger partial charge < -0.3 is 10.5 Å². The molecule has 0 amide bonds. The summed E-state index contributed by atoms with van der Waals surface area (Å²) >= 11 is 0. The maximum atomic E-state index is 8.84. The highest BCUT2D eigenvalue weighted by molar-refractivity contribution is 5.04. The summed E-state index contributed by atoms with van der Waals surface area (Å²) in [4.78, 5) is 2.22. The second-order valence-corrected chi connectivity index (χ2v) is 4.32. The van der Waals surface area contributed by atoms with Gasteiger partial charge in [-0.25, -0.2) is 0 Å². The molecule has 0 aromatic rings. The Kier molecular flexibility index (Phi) is 3.48. The van der Waals surface area contributed by atoms with E-state index in [2.05, 4.69) is 24.8 Å². The highest BCUT2D eigenvalue weighted by Crippen LogP contribution is 2.15. The Morgan fingerprint density at radius 1 is 1.64 bits per heavy atom. The van der Waals surface area contributed by atoms with Crippen molar-refractivity contribution in [3.8, 4) is 6.07 Å². The van der Waals surface area contributed by atoms with Gasteiger partial charge >= 0.3 is 0 Å². The molecule has 1 aliphatic heterocycles. The van der Waals surface area contributed by atoms with E-state index in [9.17, 15) is 0 Å². The molecule has 1 fully saturated rings. The van der Waals surface area contributed by atoms with Crippen LogP contribution in [0.5, 0.6) is 0 Å². The van der Waals surface area contributed by atoms with Crippen molar-refractivity contribution in [2.75, 3.05) is 19.7 Å². The Morgan fingerprint density at radius 3 is 2.86 bits per heavy atom. The van der Waals surface area contributed by atoms with Crippen LogP contribution < -0.4 is 5.73 Å². The monoisotopic (exact) mass is 197 g/mol. The maximum absolute atomic E-state index is 8.84. The SMILES string of the molecule is CC1OCCN(CC(C)(N)C#N)C1C. The smallest absolute Gasteiger partial charge is 0.114 e. The molecule has 4 nitrogen and oxygen atoms in total. The molecule has 2 N–H and O–H groups in total. The number of rotatable bonds is 2. The summed E-state index contributed by atoms with van der Waals surface area (Å²) < 4.78 is 5.50. The maximum Gasteiger partial charge on any atom is 0.114 e. The minimum atomic E-state index is -0.759. The van der Waals surface area contributed by atoms with E-state index in [0.717, 1.165) is 13.2 Å². The molecule has 1 heterocycles. The van der Waals surface area contributed by atoms with E-state index in [1.807, 2.05) is 0 Å². The largest absolute Gasteiger partial charge is 0.376 e. The highest BCUT2D eigenvalue weighted by Gasteiger charge is 2.30. The molecule has 0 bridgehead atoms. The molecule has 0 radical (unpaired) electrons. The zero-order chi connectivity index (χ0) is 10.8. The molecule has 0 spiro atoms. The molecule has 1 aliphatic rings. The molecule has 0 saturated carbocycles. The summed E-state index contributed by atoms with van der Waals surface area (Å²) in [5.41, 5.74) is 5.05. The van der Waals surface area contributed by atoms with E-state index in [1.165, 1.54) is 0 Å². The van der Waals surface area contributed by atoms with Crippen molar-refractivity contribution in [1.82, 2.24) is 4.90 Å². The van der Waals surface area contributed by atoms with Gasteiger partial charge in [0, 0.05) is 19.1 Å². The van der Waals surface area contributed by atoms with Gasteiger partial charge in [0.05, 0.1) is 18.8 Å². The number of hydrogen-bond acceptors (Lipinski definition) is 4. The first-order valence-corrected chi connectivity index (χ1v) is 5.02. The van der Waals surface area contributed by atoms with Crippen molar-refractivity contribution < 1.29 is 4.74 Å². The van der Waals surface area contributed by atoms with Crippen molar-refractivity contribution in [2.24, 2.45) is 5.73 Å². The van der Waals surface area contributed by atoms with Crippen molar-refractivity contribution in [1.29, 1.82) is 5.26 Å². The van der Waals surface area contributed by atoms with Crippen molar-refractivity contribution in [3.63, 3.8) is 0 Å². The Balaban J connectivity index is 2.56. The van der Waals surface area contributed by atoms with Crippen LogP contribution in [0, 0.1) is 11.3 Å². The predicted octanol–water partition coefficient (Wildman–Crippen LogP) is 0.337. The normalized spacial score (nSPS) is 33.4. The van der Waals surface area contributed by atoms with Gasteiger partial charge in [-0.2, -0.15) is 5.26 Å². The van der Waals surface area contributed by atoms with Gasteiger partial charge in [-0.1, -0.05) is 0 Å². The van der Waals surface area contributed by atoms with E-state index in [-0.39, 0.29) is 6.10 Å². The second kappa shape index (κ2) is 4.26. The van der Waals surface area contributed by atoms with Gasteiger partial charge in [0.25, 0.3) is 0 Å². The van der Waals surface area contributed by atoms with E-state index in [0.29, 0.717) is 12.6 Å². The standard InChI is InChI=1S/C10H19N3O/c1-8-9(2)14-5-4-13(8)7-10(3,12)6-11/h8-9H,4-5,7,12H2,1-3H3. The van der Waals surface area contributed by atoms with E-state index >= 15 is 0 Å². The zero-order valence-corrected chi connectivity index (χ0v) is 9.16. The zero-order valence-electron chi connectivity index (χ0n) is 9.16. The van der Waals surface area contributed by atoms with Crippen LogP contribution in [0.1, 0.15) is 20.8 Å². The fraction of sp³-hybridized carbons (Fsp3) is 0.900. The molecular weight excluding hydrogens is 178 g/mol. The number of hydrogen-bond donors (Lipinski definition) is 1. The topological polar surface area (TPSA) is 62.3 Å². The fourth-order valence-corrected chi connectivity index (χ4v) is 1.68. The molecule has 0 aromatic carbocycles. The van der Waals surface area contributed by atoms with Crippen molar-refractivity contribution >= 4 is 0 Å². The number of nitrogens with two attached hydrogens (primary N) is 1. The molecule has 1 saturated heterocycles. The third-order valence-corrected chi connectivity index (χ3v) is 2.80. The Labute approximate surface area is 85.6 Å². The van der Waals surface area contributed by atoms with E-state index in [4.69, 9.17) is 15.7 Å². The number of nitriles is 1. The average molecular weight is 197 g/mol. The number of morpholine rings is 1. The number of ether oxygens (including phenoxy) is 1. The van der Waals surface area contributed by atoms with Crippen LogP contribution >= 0.6 is 0 Å². The first-order valence-electron chi connectivity index (χ1n) is 5.02. The van der Waals surface area contributed by atoms with Crippen molar-refractivity contribution in [2.45, 2.75) is 38.5 Å². The highest BCUT2D eigenvalue weighted by atomic mass is 16.5. The first-order chi connectivity index (χ1) is 6.46. The van der Waals surface area contributed by atoms with Crippen LogP contribution in [0.25, 0.3) is 0 Å². The lowest BCUT2D eigenvalue weighted by Crippen LogP contribution is -2.55. The number of nitrogens with zero attached hydrogens (tertiary/aromatic N) is 2. The molecule has 1 rings (SSSR count). The lowest BCUT2D eigenvalue weighted by Gasteiger charge is -2.40. The van der Waals surface area contributed by atoms with Gasteiger partial charge in [0.2, 0.25) is 0 Å². The Hall–Kier alpha value is -0.630. The van der Waals surface area contributed by atoms with Gasteiger partial charge in [0.1, 0.15) is 5.54 Å². The minimum absolute atomic E-state index is 0.221. The first kappa shape index (κ1) is 11.4. The molecule has 14 heavy (non-hydrogen) atoms. The van der Waals surface area contributed by atoms with Crippen LogP contribution in [0.4, 0.5) is 0 Å². The van der Waals surface area contributed by atoms with Gasteiger partial charge in [-0.3, -0.25) is 4.90 Å². The van der Waals surface area contributed by atoms with Crippen LogP contribution in [0.2, 0.25) is 0 Å². The molecular formula is C10H19N3O. The fourth-order valence-electron chi connectivity index (χ4n) is 1.68. The van der Waals surface area contributed by atoms with Crippen molar-refractivity contribution in [3.05, 3.63) is 0 Å². The Bertz CT molecular complexity index is 234. The molecule has 80 valence electrons. The van der Waals surface area contributed by atoms with Crippen LogP contribution in [0.15, 0.2) is 0 Å². The molecule has 0 aliphatic carbocycles. The summed E-state index contributed by atoms with van der Waals surface area (Å²) in [7, 11) is 0. The summed E-state index contributed by atoms with van der Waals surface area (Å²) in [6.07, 6.45) is 0.221. The lowest BCUT2D eigenvalue weighted by molar-refractivity contribution is -0.0585. The summed E-state index contributed by atoms with van der Waals surface area (Å²) in [5, 5.41) is 8.84. The minimum Gasteiger partial charge on any atom is -0.376 e. The molecule has 0 aromatic heterocycles. The average Bonchev–Trinajstić information content (AvgIpc) is 2.13. The van der Waals surface area contributed by atoms with Crippen LogP contribution in [-0.4, -0.2) is 42.3 Å². The lowest BCUT2D eigenvalue weighted by atomic mass is 10.0. The van der Waals surface area contributed by atoms with E-state index < -0.39 is 5.54 Å². The van der Waals surface area contributed by atoms with E-state index in [1.54, 1.807) is 6.92 Å². The molecule has 3 atom stereocenters. The van der Waals surface area contributed by atoms with Crippen LogP contribution in [0.3, 0.4) is 0 Å². The van der Waals surface area contributed by atoms with Gasteiger partial charge in [-0.05, 0) is 20.8 Å².